The van der Waals surface area contributed by atoms with Crippen molar-refractivity contribution in [3.8, 4) is 0 Å². The Morgan fingerprint density at radius 2 is 1.85 bits per heavy atom. The van der Waals surface area contributed by atoms with Crippen molar-refractivity contribution in [1.82, 2.24) is 0 Å². The molecule has 0 aromatic heterocycles. The summed E-state index contributed by atoms with van der Waals surface area (Å²) in [6.45, 7) is 3.42. The summed E-state index contributed by atoms with van der Waals surface area (Å²) < 4.78 is 22.1. The molecule has 1 unspecified atom stereocenters. The molecule has 4 heteroatoms. The lowest BCUT2D eigenvalue weighted by Gasteiger charge is -2.03. The molecule has 0 bridgehead atoms. The monoisotopic (exact) mass is 208 g/mol. The van der Waals surface area contributed by atoms with Crippen molar-refractivity contribution < 1.29 is 13.5 Å². The van der Waals surface area contributed by atoms with Gasteiger partial charge in [0.15, 0.2) is 0 Å². The lowest BCUT2D eigenvalue weighted by molar-refractivity contribution is 0.180. The third-order valence-corrected chi connectivity index (χ3v) is 3.81. The maximum Gasteiger partial charge on any atom is 0.150 e. The van der Waals surface area contributed by atoms with Crippen LogP contribution in [-0.4, -0.2) is 31.1 Å². The molecule has 0 aromatic carbocycles. The van der Waals surface area contributed by atoms with Crippen LogP contribution in [0.1, 0.15) is 39.5 Å². The van der Waals surface area contributed by atoms with Crippen molar-refractivity contribution in [2.45, 2.75) is 45.6 Å². The number of hydrogen-bond donors (Lipinski definition) is 1. The lowest BCUT2D eigenvalue weighted by Crippen LogP contribution is -2.08. The molecule has 0 saturated heterocycles. The molecule has 0 spiro atoms. The summed E-state index contributed by atoms with van der Waals surface area (Å²) in [6.07, 6.45) is 3.04. The van der Waals surface area contributed by atoms with E-state index < -0.39 is 9.84 Å². The van der Waals surface area contributed by atoms with E-state index in [-0.39, 0.29) is 11.9 Å². The molecule has 3 nitrogen and oxygen atoms in total. The van der Waals surface area contributed by atoms with Crippen LogP contribution in [0.4, 0.5) is 0 Å². The van der Waals surface area contributed by atoms with E-state index in [4.69, 9.17) is 5.11 Å². The fourth-order valence-electron chi connectivity index (χ4n) is 1.08. The Kier molecular flexibility index (Phi) is 6.33. The van der Waals surface area contributed by atoms with Gasteiger partial charge < -0.3 is 5.11 Å². The van der Waals surface area contributed by atoms with Crippen molar-refractivity contribution >= 4 is 9.84 Å². The van der Waals surface area contributed by atoms with Gasteiger partial charge in [-0.1, -0.05) is 19.8 Å². The zero-order valence-corrected chi connectivity index (χ0v) is 9.31. The van der Waals surface area contributed by atoms with E-state index in [1.165, 1.54) is 0 Å². The van der Waals surface area contributed by atoms with E-state index in [1.807, 2.05) is 0 Å². The van der Waals surface area contributed by atoms with Crippen LogP contribution in [0.25, 0.3) is 0 Å². The van der Waals surface area contributed by atoms with Crippen LogP contribution in [0, 0.1) is 0 Å². The Labute approximate surface area is 81.1 Å². The first-order valence-electron chi connectivity index (χ1n) is 4.86. The molecule has 1 N–H and O–H groups in total. The number of sulfone groups is 1. The minimum absolute atomic E-state index is 0.239. The smallest absolute Gasteiger partial charge is 0.150 e. The van der Waals surface area contributed by atoms with E-state index in [1.54, 1.807) is 13.8 Å². The van der Waals surface area contributed by atoms with Crippen molar-refractivity contribution in [3.05, 3.63) is 0 Å². The predicted octanol–water partition coefficient (Wildman–Crippen LogP) is 1.36. The molecule has 0 aliphatic carbocycles. The topological polar surface area (TPSA) is 54.4 Å². The standard InChI is InChI=1S/C9H20O3S/c1-3-13(11,12)8-6-4-5-7-9(2)10/h9-10H,3-8H2,1-2H3. The molecule has 0 fully saturated rings. The molecule has 13 heavy (non-hydrogen) atoms. The predicted molar refractivity (Wildman–Crippen MR) is 54.5 cm³/mol. The molecule has 0 radical (unpaired) electrons. The Morgan fingerprint density at radius 3 is 2.31 bits per heavy atom. The summed E-state index contributed by atoms with van der Waals surface area (Å²) in [5, 5.41) is 8.94. The number of aliphatic hydroxyl groups is 1. The van der Waals surface area contributed by atoms with E-state index in [0.29, 0.717) is 5.75 Å². The van der Waals surface area contributed by atoms with Crippen molar-refractivity contribution in [2.24, 2.45) is 0 Å². The highest BCUT2D eigenvalue weighted by Crippen LogP contribution is 2.05. The molecule has 0 aliphatic heterocycles. The summed E-state index contributed by atoms with van der Waals surface area (Å²) in [4.78, 5) is 0. The summed E-state index contributed by atoms with van der Waals surface area (Å²) >= 11 is 0. The zero-order valence-electron chi connectivity index (χ0n) is 8.49. The van der Waals surface area contributed by atoms with Crippen LogP contribution >= 0.6 is 0 Å². The zero-order chi connectivity index (χ0) is 10.3. The molecule has 80 valence electrons. The Bertz CT molecular complexity index is 207. The van der Waals surface area contributed by atoms with Crippen LogP contribution < -0.4 is 0 Å². The van der Waals surface area contributed by atoms with Gasteiger partial charge in [0.1, 0.15) is 9.84 Å². The fourth-order valence-corrected chi connectivity index (χ4v) is 2.02. The van der Waals surface area contributed by atoms with Crippen molar-refractivity contribution in [2.75, 3.05) is 11.5 Å². The van der Waals surface area contributed by atoms with Crippen molar-refractivity contribution in [1.29, 1.82) is 0 Å². The quantitative estimate of drug-likeness (QED) is 0.643. The van der Waals surface area contributed by atoms with Crippen LogP contribution in [0.3, 0.4) is 0 Å². The maximum absolute atomic E-state index is 11.0. The molecule has 0 saturated carbocycles. The van der Waals surface area contributed by atoms with Crippen molar-refractivity contribution in [3.63, 3.8) is 0 Å². The second-order valence-corrected chi connectivity index (χ2v) is 5.91. The normalized spacial score (nSPS) is 14.4. The van der Waals surface area contributed by atoms with Gasteiger partial charge in [-0.05, 0) is 19.8 Å². The molecule has 0 heterocycles. The first-order chi connectivity index (χ1) is 5.98. The first kappa shape index (κ1) is 12.9. The number of rotatable bonds is 7. The van der Waals surface area contributed by atoms with Gasteiger partial charge in [0, 0.05) is 5.75 Å². The van der Waals surface area contributed by atoms with Gasteiger partial charge in [0.25, 0.3) is 0 Å². The van der Waals surface area contributed by atoms with Crippen LogP contribution in [0.5, 0.6) is 0 Å². The molecular weight excluding hydrogens is 188 g/mol. The highest BCUT2D eigenvalue weighted by molar-refractivity contribution is 7.91. The molecular formula is C9H20O3S. The van der Waals surface area contributed by atoms with Gasteiger partial charge >= 0.3 is 0 Å². The average Bonchev–Trinajstić information content (AvgIpc) is 2.03. The van der Waals surface area contributed by atoms with Crippen LogP contribution in [-0.2, 0) is 9.84 Å². The minimum Gasteiger partial charge on any atom is -0.393 e. The van der Waals surface area contributed by atoms with Gasteiger partial charge in [-0.3, -0.25) is 0 Å². The van der Waals surface area contributed by atoms with E-state index >= 15 is 0 Å². The summed E-state index contributed by atoms with van der Waals surface area (Å²) in [6, 6.07) is 0. The highest BCUT2D eigenvalue weighted by Gasteiger charge is 2.06. The SMILES string of the molecule is CCS(=O)(=O)CCCCCC(C)O. The summed E-state index contributed by atoms with van der Waals surface area (Å²) in [5.74, 6) is 0.534. The summed E-state index contributed by atoms with van der Waals surface area (Å²) in [7, 11) is -2.78. The van der Waals surface area contributed by atoms with Gasteiger partial charge in [0.05, 0.1) is 11.9 Å². The van der Waals surface area contributed by atoms with Gasteiger partial charge in [-0.25, -0.2) is 8.42 Å². The third-order valence-electron chi connectivity index (χ3n) is 2.02. The molecule has 1 atom stereocenters. The van der Waals surface area contributed by atoms with Crippen LogP contribution in [0.2, 0.25) is 0 Å². The third kappa shape index (κ3) is 8.25. The average molecular weight is 208 g/mol. The lowest BCUT2D eigenvalue weighted by atomic mass is 10.1. The van der Waals surface area contributed by atoms with Crippen LogP contribution in [0.15, 0.2) is 0 Å². The van der Waals surface area contributed by atoms with Gasteiger partial charge in [-0.15, -0.1) is 0 Å². The van der Waals surface area contributed by atoms with Gasteiger partial charge in [0.2, 0.25) is 0 Å². The van der Waals surface area contributed by atoms with Gasteiger partial charge in [-0.2, -0.15) is 0 Å². The molecule has 0 aromatic rings. The molecule has 0 amide bonds. The highest BCUT2D eigenvalue weighted by atomic mass is 32.2. The van der Waals surface area contributed by atoms with E-state index in [2.05, 4.69) is 0 Å². The second-order valence-electron chi connectivity index (χ2n) is 3.43. The first-order valence-corrected chi connectivity index (χ1v) is 6.68. The Balaban J connectivity index is 3.37. The minimum atomic E-state index is -2.78. The maximum atomic E-state index is 11.0. The fraction of sp³-hybridized carbons (Fsp3) is 1.00. The van der Waals surface area contributed by atoms with E-state index in [0.717, 1.165) is 25.7 Å². The van der Waals surface area contributed by atoms with E-state index in [9.17, 15) is 8.42 Å². The number of unbranched alkanes of at least 4 members (excludes halogenated alkanes) is 2. The largest absolute Gasteiger partial charge is 0.393 e. The number of aliphatic hydroxyl groups excluding tert-OH is 1. The summed E-state index contributed by atoms with van der Waals surface area (Å²) in [5.41, 5.74) is 0. The Morgan fingerprint density at radius 1 is 1.23 bits per heavy atom. The molecule has 0 aliphatic rings. The number of hydrogen-bond acceptors (Lipinski definition) is 3. The Hall–Kier alpha value is -0.0900. The second kappa shape index (κ2) is 6.38. The molecule has 0 rings (SSSR count).